The van der Waals surface area contributed by atoms with E-state index < -0.39 is 27.7 Å². The number of amides is 1. The minimum absolute atomic E-state index is 0.127. The number of sulfonamides is 1. The lowest BCUT2D eigenvalue weighted by Crippen LogP contribution is -2.18. The summed E-state index contributed by atoms with van der Waals surface area (Å²) in [5.41, 5.74) is -1.41. The van der Waals surface area contributed by atoms with Gasteiger partial charge in [-0.2, -0.15) is 13.2 Å². The van der Waals surface area contributed by atoms with Gasteiger partial charge in [0.2, 0.25) is 15.9 Å². The maximum atomic E-state index is 12.7. The molecule has 0 aliphatic heterocycles. The summed E-state index contributed by atoms with van der Waals surface area (Å²) in [5.74, 6) is -0.861. The largest absolute Gasteiger partial charge is 0.417 e. The molecule has 1 aromatic heterocycles. The Morgan fingerprint density at radius 3 is 2.48 bits per heavy atom. The maximum absolute atomic E-state index is 12.7. The summed E-state index contributed by atoms with van der Waals surface area (Å²) in [6.07, 6.45) is -0.911. The molecule has 6 nitrogen and oxygen atoms in total. The minimum Gasteiger partial charge on any atom is -0.323 e. The van der Waals surface area contributed by atoms with E-state index in [0.717, 1.165) is 19.1 Å². The summed E-state index contributed by atoms with van der Waals surface area (Å²) < 4.78 is 62.7. The van der Waals surface area contributed by atoms with Gasteiger partial charge in [0, 0.05) is 12.6 Å². The Morgan fingerprint density at radius 2 is 1.96 bits per heavy atom. The van der Waals surface area contributed by atoms with Crippen molar-refractivity contribution < 1.29 is 26.4 Å². The topological polar surface area (TPSA) is 88.2 Å². The number of alkyl halides is 3. The lowest BCUT2D eigenvalue weighted by Gasteiger charge is -2.14. The molecule has 0 spiro atoms. The van der Waals surface area contributed by atoms with Gasteiger partial charge in [0.1, 0.15) is 0 Å². The van der Waals surface area contributed by atoms with Crippen LogP contribution in [0.5, 0.6) is 0 Å². The molecule has 0 atom stereocenters. The van der Waals surface area contributed by atoms with Crippen LogP contribution < -0.4 is 10.0 Å². The zero-order chi connectivity index (χ0) is 17.7. The Hall–Kier alpha value is -1.84. The molecule has 0 aliphatic carbocycles. The van der Waals surface area contributed by atoms with Crippen LogP contribution in [-0.2, 0) is 21.0 Å². The van der Waals surface area contributed by atoms with E-state index >= 15 is 0 Å². The molecule has 1 amide bonds. The summed E-state index contributed by atoms with van der Waals surface area (Å²) >= 11 is 0. The molecule has 0 saturated heterocycles. The number of hydrogen-bond acceptors (Lipinski definition) is 4. The fourth-order valence-corrected chi connectivity index (χ4v) is 2.23. The number of pyridine rings is 1. The third kappa shape index (κ3) is 6.85. The molecular weight excluding hydrogens is 335 g/mol. The molecule has 10 heteroatoms. The lowest BCUT2D eigenvalue weighted by molar-refractivity contribution is -0.137. The number of anilines is 2. The first kappa shape index (κ1) is 19.2. The van der Waals surface area contributed by atoms with Gasteiger partial charge in [0.05, 0.1) is 17.5 Å². The molecule has 2 N–H and O–H groups in total. The molecule has 23 heavy (non-hydrogen) atoms. The van der Waals surface area contributed by atoms with Crippen molar-refractivity contribution in [3.05, 3.63) is 17.8 Å². The summed E-state index contributed by atoms with van der Waals surface area (Å²) in [4.78, 5) is 15.2. The predicted octanol–water partition coefficient (Wildman–Crippen LogP) is 2.99. The molecule has 0 aliphatic rings. The Labute approximate surface area is 132 Å². The molecule has 1 rings (SSSR count). The minimum atomic E-state index is -4.65. The van der Waals surface area contributed by atoms with Gasteiger partial charge in [-0.15, -0.1) is 0 Å². The summed E-state index contributed by atoms with van der Waals surface area (Å²) in [6.45, 7) is 1.95. The number of halogens is 3. The standard InChI is InChI=1S/C13H18F3N3O3S/c1-3-4-5-6-11(20)18-10-7-9(13(14,15)16)8-17-12(10)19-23(2,21)22/h7-8H,3-6H2,1-2H3,(H,17,19)(H,18,20). The van der Waals surface area contributed by atoms with Gasteiger partial charge < -0.3 is 5.32 Å². The number of hydrogen-bond donors (Lipinski definition) is 2. The molecule has 0 saturated carbocycles. The average Bonchev–Trinajstić information content (AvgIpc) is 2.38. The van der Waals surface area contributed by atoms with Gasteiger partial charge >= 0.3 is 6.18 Å². The van der Waals surface area contributed by atoms with Crippen LogP contribution in [0.25, 0.3) is 0 Å². The Bertz CT molecular complexity index is 660. The van der Waals surface area contributed by atoms with Crippen LogP contribution in [-0.4, -0.2) is 25.6 Å². The number of carbonyl (C=O) groups excluding carboxylic acids is 1. The molecule has 0 fully saturated rings. The van der Waals surface area contributed by atoms with E-state index in [1.807, 2.05) is 11.6 Å². The third-order valence-electron chi connectivity index (χ3n) is 2.78. The van der Waals surface area contributed by atoms with Crippen molar-refractivity contribution >= 4 is 27.4 Å². The molecule has 1 aromatic rings. The number of nitrogens with zero attached hydrogens (tertiary/aromatic N) is 1. The molecule has 0 bridgehead atoms. The van der Waals surface area contributed by atoms with Gasteiger partial charge in [0.15, 0.2) is 5.82 Å². The number of aromatic nitrogens is 1. The van der Waals surface area contributed by atoms with Gasteiger partial charge in [-0.05, 0) is 12.5 Å². The normalized spacial score (nSPS) is 12.0. The molecule has 0 unspecified atom stereocenters. The average molecular weight is 353 g/mol. The number of nitrogens with one attached hydrogen (secondary N) is 2. The van der Waals surface area contributed by atoms with E-state index in [1.54, 1.807) is 0 Å². The molecular formula is C13H18F3N3O3S. The van der Waals surface area contributed by atoms with Gasteiger partial charge in [-0.3, -0.25) is 9.52 Å². The maximum Gasteiger partial charge on any atom is 0.417 e. The van der Waals surface area contributed by atoms with E-state index in [2.05, 4.69) is 10.3 Å². The molecule has 130 valence electrons. The van der Waals surface area contributed by atoms with Crippen molar-refractivity contribution in [1.82, 2.24) is 4.98 Å². The van der Waals surface area contributed by atoms with E-state index in [0.29, 0.717) is 18.7 Å². The van der Waals surface area contributed by atoms with Crippen molar-refractivity contribution in [2.24, 2.45) is 0 Å². The highest BCUT2D eigenvalue weighted by Crippen LogP contribution is 2.32. The van der Waals surface area contributed by atoms with E-state index in [9.17, 15) is 26.4 Å². The quantitative estimate of drug-likeness (QED) is 0.738. The van der Waals surface area contributed by atoms with Crippen molar-refractivity contribution in [3.63, 3.8) is 0 Å². The second kappa shape index (κ2) is 7.62. The SMILES string of the molecule is CCCCCC(=O)Nc1cc(C(F)(F)F)cnc1NS(C)(=O)=O. The Morgan fingerprint density at radius 1 is 1.30 bits per heavy atom. The van der Waals surface area contributed by atoms with E-state index in [-0.39, 0.29) is 17.9 Å². The molecule has 1 heterocycles. The highest BCUT2D eigenvalue weighted by Gasteiger charge is 2.32. The predicted molar refractivity (Wildman–Crippen MR) is 80.5 cm³/mol. The van der Waals surface area contributed by atoms with Crippen LogP contribution >= 0.6 is 0 Å². The number of unbranched alkanes of at least 4 members (excludes halogenated alkanes) is 2. The number of rotatable bonds is 7. The van der Waals surface area contributed by atoms with Gasteiger partial charge in [0.25, 0.3) is 0 Å². The van der Waals surface area contributed by atoms with Crippen molar-refractivity contribution in [2.45, 2.75) is 38.8 Å². The fraction of sp³-hybridized carbons (Fsp3) is 0.538. The van der Waals surface area contributed by atoms with E-state index in [1.165, 1.54) is 0 Å². The second-order valence-electron chi connectivity index (χ2n) is 5.00. The zero-order valence-electron chi connectivity index (χ0n) is 12.7. The first-order valence-electron chi connectivity index (χ1n) is 6.88. The zero-order valence-corrected chi connectivity index (χ0v) is 13.5. The van der Waals surface area contributed by atoms with Crippen LogP contribution in [0.2, 0.25) is 0 Å². The fourth-order valence-electron chi connectivity index (χ4n) is 1.72. The first-order chi connectivity index (χ1) is 10.5. The van der Waals surface area contributed by atoms with Crippen LogP contribution in [0.1, 0.15) is 38.2 Å². The first-order valence-corrected chi connectivity index (χ1v) is 8.77. The monoisotopic (exact) mass is 353 g/mol. The Kier molecular flexibility index (Phi) is 6.37. The van der Waals surface area contributed by atoms with Crippen LogP contribution in [0.15, 0.2) is 12.3 Å². The highest BCUT2D eigenvalue weighted by molar-refractivity contribution is 7.92. The smallest absolute Gasteiger partial charge is 0.323 e. The van der Waals surface area contributed by atoms with E-state index in [4.69, 9.17) is 0 Å². The number of carbonyl (C=O) groups is 1. The molecule has 0 aromatic carbocycles. The summed E-state index contributed by atoms with van der Waals surface area (Å²) in [7, 11) is -3.75. The molecule has 0 radical (unpaired) electrons. The second-order valence-corrected chi connectivity index (χ2v) is 6.75. The van der Waals surface area contributed by atoms with Crippen LogP contribution in [0, 0.1) is 0 Å². The third-order valence-corrected chi connectivity index (χ3v) is 3.34. The summed E-state index contributed by atoms with van der Waals surface area (Å²) in [6, 6.07) is 0.651. The Balaban J connectivity index is 3.05. The van der Waals surface area contributed by atoms with Crippen LogP contribution in [0.3, 0.4) is 0 Å². The van der Waals surface area contributed by atoms with Crippen molar-refractivity contribution in [2.75, 3.05) is 16.3 Å². The summed E-state index contributed by atoms with van der Waals surface area (Å²) in [5, 5.41) is 2.28. The van der Waals surface area contributed by atoms with Gasteiger partial charge in [-0.25, -0.2) is 13.4 Å². The van der Waals surface area contributed by atoms with Crippen LogP contribution in [0.4, 0.5) is 24.7 Å². The lowest BCUT2D eigenvalue weighted by atomic mass is 10.2. The van der Waals surface area contributed by atoms with Gasteiger partial charge in [-0.1, -0.05) is 19.8 Å². The highest BCUT2D eigenvalue weighted by atomic mass is 32.2. The van der Waals surface area contributed by atoms with Crippen molar-refractivity contribution in [3.8, 4) is 0 Å². The van der Waals surface area contributed by atoms with Crippen molar-refractivity contribution in [1.29, 1.82) is 0 Å².